The summed E-state index contributed by atoms with van der Waals surface area (Å²) in [5.74, 6) is -0.0935. The summed E-state index contributed by atoms with van der Waals surface area (Å²) in [5.41, 5.74) is 2.56. The fraction of sp³-hybridized carbons (Fsp3) is 0.294. The van der Waals surface area contributed by atoms with Gasteiger partial charge in [0, 0.05) is 37.0 Å². The van der Waals surface area contributed by atoms with Crippen LogP contribution in [-0.4, -0.2) is 26.0 Å². The van der Waals surface area contributed by atoms with Crippen molar-refractivity contribution < 1.29 is 4.39 Å². The Kier molecular flexibility index (Phi) is 4.74. The summed E-state index contributed by atoms with van der Waals surface area (Å²) in [6.07, 6.45) is 0. The van der Waals surface area contributed by atoms with E-state index >= 15 is 0 Å². The number of para-hydroxylation sites is 1. The number of hydrogen-bond acceptors (Lipinski definition) is 2. The molecule has 0 fully saturated rings. The molecular weight excluding hydrogens is 251 g/mol. The van der Waals surface area contributed by atoms with Crippen molar-refractivity contribution in [1.29, 1.82) is 0 Å². The zero-order chi connectivity index (χ0) is 14.5. The van der Waals surface area contributed by atoms with E-state index in [1.165, 1.54) is 0 Å². The molecule has 0 saturated heterocycles. The molecule has 0 N–H and O–H groups in total. The van der Waals surface area contributed by atoms with E-state index in [4.69, 9.17) is 0 Å². The Morgan fingerprint density at radius 3 is 2.00 bits per heavy atom. The van der Waals surface area contributed by atoms with Crippen molar-refractivity contribution in [2.24, 2.45) is 0 Å². The molecule has 0 spiro atoms. The molecule has 0 atom stereocenters. The summed E-state index contributed by atoms with van der Waals surface area (Å²) >= 11 is 0. The quantitative estimate of drug-likeness (QED) is 0.821. The second-order valence-electron chi connectivity index (χ2n) is 5.32. The summed E-state index contributed by atoms with van der Waals surface area (Å²) in [6, 6.07) is 15.7. The summed E-state index contributed by atoms with van der Waals surface area (Å²) in [7, 11) is 5.87. The van der Waals surface area contributed by atoms with E-state index in [-0.39, 0.29) is 5.82 Å². The molecule has 0 aliphatic carbocycles. The van der Waals surface area contributed by atoms with Gasteiger partial charge in [-0.2, -0.15) is 0 Å². The standard InChI is InChI=1S/C17H21FN2/c1-19(2)12-14-8-7-9-15(17(14)18)13-20(3)16-10-5-4-6-11-16/h4-11H,12-13H2,1-3H3. The molecule has 106 valence electrons. The molecule has 0 radical (unpaired) electrons. The Hall–Kier alpha value is -1.87. The van der Waals surface area contributed by atoms with Crippen LogP contribution in [0.1, 0.15) is 11.1 Å². The van der Waals surface area contributed by atoms with E-state index in [0.717, 1.165) is 16.8 Å². The van der Waals surface area contributed by atoms with Crippen molar-refractivity contribution in [1.82, 2.24) is 4.90 Å². The fourth-order valence-corrected chi connectivity index (χ4v) is 2.25. The first kappa shape index (κ1) is 14.5. The van der Waals surface area contributed by atoms with Crippen LogP contribution in [0.4, 0.5) is 10.1 Å². The Labute approximate surface area is 120 Å². The zero-order valence-corrected chi connectivity index (χ0v) is 12.3. The normalized spacial score (nSPS) is 10.8. The summed E-state index contributed by atoms with van der Waals surface area (Å²) in [4.78, 5) is 4.03. The van der Waals surface area contributed by atoms with E-state index < -0.39 is 0 Å². The fourth-order valence-electron chi connectivity index (χ4n) is 2.25. The summed E-state index contributed by atoms with van der Waals surface area (Å²) in [6.45, 7) is 1.19. The molecule has 0 aliphatic heterocycles. The lowest BCUT2D eigenvalue weighted by Crippen LogP contribution is -2.18. The van der Waals surface area contributed by atoms with Crippen molar-refractivity contribution in [3.05, 3.63) is 65.5 Å². The number of rotatable bonds is 5. The van der Waals surface area contributed by atoms with Crippen LogP contribution in [0.2, 0.25) is 0 Å². The van der Waals surface area contributed by atoms with Crippen LogP contribution in [0.3, 0.4) is 0 Å². The molecule has 20 heavy (non-hydrogen) atoms. The van der Waals surface area contributed by atoms with Crippen molar-refractivity contribution in [2.45, 2.75) is 13.1 Å². The molecule has 0 heterocycles. The third-order valence-electron chi connectivity index (χ3n) is 3.25. The molecule has 0 amide bonds. The topological polar surface area (TPSA) is 6.48 Å². The SMILES string of the molecule is CN(C)Cc1cccc(CN(C)c2ccccc2)c1F. The van der Waals surface area contributed by atoms with Crippen molar-refractivity contribution in [3.63, 3.8) is 0 Å². The highest BCUT2D eigenvalue weighted by Crippen LogP contribution is 2.19. The number of anilines is 1. The van der Waals surface area contributed by atoms with Gasteiger partial charge in [-0.05, 0) is 26.2 Å². The van der Waals surface area contributed by atoms with Crippen LogP contribution in [0.25, 0.3) is 0 Å². The third kappa shape index (κ3) is 3.58. The largest absolute Gasteiger partial charge is 0.370 e. The molecule has 2 aromatic carbocycles. The van der Waals surface area contributed by atoms with Gasteiger partial charge in [-0.15, -0.1) is 0 Å². The lowest BCUT2D eigenvalue weighted by molar-refractivity contribution is 0.391. The molecule has 0 aromatic heterocycles. The monoisotopic (exact) mass is 272 g/mol. The molecule has 2 rings (SSSR count). The Balaban J connectivity index is 2.17. The highest BCUT2D eigenvalue weighted by Gasteiger charge is 2.10. The molecule has 0 aliphatic rings. The van der Waals surface area contributed by atoms with Gasteiger partial charge >= 0.3 is 0 Å². The predicted octanol–water partition coefficient (Wildman–Crippen LogP) is 3.52. The van der Waals surface area contributed by atoms with Gasteiger partial charge in [-0.3, -0.25) is 0 Å². The predicted molar refractivity (Wildman–Crippen MR) is 82.3 cm³/mol. The highest BCUT2D eigenvalue weighted by molar-refractivity contribution is 5.46. The number of nitrogens with zero attached hydrogens (tertiary/aromatic N) is 2. The molecule has 0 unspecified atom stereocenters. The Morgan fingerprint density at radius 2 is 1.40 bits per heavy atom. The third-order valence-corrected chi connectivity index (χ3v) is 3.25. The maximum atomic E-state index is 14.5. The maximum Gasteiger partial charge on any atom is 0.132 e. The van der Waals surface area contributed by atoms with E-state index in [0.29, 0.717) is 13.1 Å². The average Bonchev–Trinajstić information content (AvgIpc) is 2.43. The van der Waals surface area contributed by atoms with Crippen LogP contribution in [0.5, 0.6) is 0 Å². The number of benzene rings is 2. The van der Waals surface area contributed by atoms with Gasteiger partial charge in [0.2, 0.25) is 0 Å². The maximum absolute atomic E-state index is 14.5. The molecule has 2 nitrogen and oxygen atoms in total. The lowest BCUT2D eigenvalue weighted by Gasteiger charge is -2.20. The van der Waals surface area contributed by atoms with Crippen LogP contribution < -0.4 is 4.90 Å². The second kappa shape index (κ2) is 6.53. The van der Waals surface area contributed by atoms with Gasteiger partial charge < -0.3 is 9.80 Å². The molecule has 3 heteroatoms. The van der Waals surface area contributed by atoms with Crippen molar-refractivity contribution in [3.8, 4) is 0 Å². The van der Waals surface area contributed by atoms with Gasteiger partial charge in [0.15, 0.2) is 0 Å². The van der Waals surface area contributed by atoms with Gasteiger partial charge in [-0.1, -0.05) is 36.4 Å². The van der Waals surface area contributed by atoms with E-state index in [9.17, 15) is 4.39 Å². The summed E-state index contributed by atoms with van der Waals surface area (Å²) < 4.78 is 14.5. The first-order valence-electron chi connectivity index (χ1n) is 6.75. The smallest absolute Gasteiger partial charge is 0.132 e. The van der Waals surface area contributed by atoms with Gasteiger partial charge in [-0.25, -0.2) is 4.39 Å². The molecule has 2 aromatic rings. The van der Waals surface area contributed by atoms with Gasteiger partial charge in [0.1, 0.15) is 5.82 Å². The minimum atomic E-state index is -0.0935. The zero-order valence-electron chi connectivity index (χ0n) is 12.3. The molecular formula is C17H21FN2. The van der Waals surface area contributed by atoms with E-state index in [1.807, 2.05) is 74.6 Å². The Morgan fingerprint density at radius 1 is 0.800 bits per heavy atom. The van der Waals surface area contributed by atoms with Crippen LogP contribution in [0.15, 0.2) is 48.5 Å². The van der Waals surface area contributed by atoms with Crippen LogP contribution in [-0.2, 0) is 13.1 Å². The van der Waals surface area contributed by atoms with Crippen LogP contribution >= 0.6 is 0 Å². The Bertz CT molecular complexity index is 552. The first-order chi connectivity index (χ1) is 9.58. The van der Waals surface area contributed by atoms with Gasteiger partial charge in [0.25, 0.3) is 0 Å². The average molecular weight is 272 g/mol. The highest BCUT2D eigenvalue weighted by atomic mass is 19.1. The van der Waals surface area contributed by atoms with Crippen molar-refractivity contribution >= 4 is 5.69 Å². The minimum absolute atomic E-state index is 0.0935. The van der Waals surface area contributed by atoms with Crippen LogP contribution in [0, 0.1) is 5.82 Å². The first-order valence-corrected chi connectivity index (χ1v) is 6.75. The number of halogens is 1. The van der Waals surface area contributed by atoms with E-state index in [1.54, 1.807) is 0 Å². The second-order valence-corrected chi connectivity index (χ2v) is 5.32. The lowest BCUT2D eigenvalue weighted by atomic mass is 10.1. The molecule has 0 saturated carbocycles. The minimum Gasteiger partial charge on any atom is -0.370 e. The number of hydrogen-bond donors (Lipinski definition) is 0. The van der Waals surface area contributed by atoms with E-state index in [2.05, 4.69) is 4.90 Å². The molecule has 0 bridgehead atoms. The van der Waals surface area contributed by atoms with Gasteiger partial charge in [0.05, 0.1) is 0 Å². The summed E-state index contributed by atoms with van der Waals surface area (Å²) in [5, 5.41) is 0. The van der Waals surface area contributed by atoms with Crippen molar-refractivity contribution in [2.75, 3.05) is 26.0 Å².